The van der Waals surface area contributed by atoms with Crippen LogP contribution in [0.25, 0.3) is 0 Å². The van der Waals surface area contributed by atoms with Crippen LogP contribution in [-0.2, 0) is 9.59 Å². The number of carboxylic acids is 1. The predicted molar refractivity (Wildman–Crippen MR) is 38.0 cm³/mol. The summed E-state index contributed by atoms with van der Waals surface area (Å²) in [7, 11) is 0. The Labute approximate surface area is 64.8 Å². The molecule has 2 atom stereocenters. The van der Waals surface area contributed by atoms with Crippen LogP contribution in [0.2, 0.25) is 0 Å². The quantitative estimate of drug-likeness (QED) is 0.580. The summed E-state index contributed by atoms with van der Waals surface area (Å²) in [6.07, 6.45) is 0. The summed E-state index contributed by atoms with van der Waals surface area (Å²) in [4.78, 5) is 22.6. The van der Waals surface area contributed by atoms with Gasteiger partial charge >= 0.3 is 5.97 Å². The van der Waals surface area contributed by atoms with E-state index in [1.54, 1.807) is 0 Å². The lowest BCUT2D eigenvalue weighted by Gasteiger charge is -2.43. The van der Waals surface area contributed by atoms with E-state index in [2.05, 4.69) is 0 Å². The molecule has 1 aliphatic rings. The van der Waals surface area contributed by atoms with Gasteiger partial charge in [-0.15, -0.1) is 0 Å². The molecule has 4 heteroatoms. The molecule has 0 radical (unpaired) electrons. The van der Waals surface area contributed by atoms with E-state index in [1.807, 2.05) is 6.92 Å². The lowest BCUT2D eigenvalue weighted by Crippen LogP contribution is -2.60. The number of hydrogen-bond acceptors (Lipinski definition) is 2. The van der Waals surface area contributed by atoms with E-state index in [0.717, 1.165) is 0 Å². The molecule has 0 aliphatic carbocycles. The number of amides is 1. The fourth-order valence-electron chi connectivity index (χ4n) is 1.39. The van der Waals surface area contributed by atoms with Gasteiger partial charge in [0.25, 0.3) is 0 Å². The summed E-state index contributed by atoms with van der Waals surface area (Å²) in [6, 6.07) is -0.590. The largest absolute Gasteiger partial charge is 0.480 e. The predicted octanol–water partition coefficient (Wildman–Crippen LogP) is -0.0622. The lowest BCUT2D eigenvalue weighted by atomic mass is 9.90. The van der Waals surface area contributed by atoms with Crippen LogP contribution in [0.15, 0.2) is 0 Å². The van der Waals surface area contributed by atoms with Gasteiger partial charge in [0, 0.05) is 19.4 Å². The number of aliphatic carboxylic acids is 1. The normalized spacial score (nSPS) is 29.5. The van der Waals surface area contributed by atoms with E-state index in [4.69, 9.17) is 5.11 Å². The second-order valence-corrected chi connectivity index (χ2v) is 2.93. The first-order valence-electron chi connectivity index (χ1n) is 3.54. The zero-order valence-corrected chi connectivity index (χ0v) is 6.57. The highest BCUT2D eigenvalue weighted by molar-refractivity contribution is 5.84. The van der Waals surface area contributed by atoms with Crippen molar-refractivity contribution in [3.8, 4) is 0 Å². The molecule has 0 aromatic heterocycles. The molecule has 1 fully saturated rings. The van der Waals surface area contributed by atoms with E-state index in [9.17, 15) is 9.59 Å². The third kappa shape index (κ3) is 1.20. The Bertz CT molecular complexity index is 202. The Morgan fingerprint density at radius 2 is 2.09 bits per heavy atom. The van der Waals surface area contributed by atoms with Crippen molar-refractivity contribution in [2.75, 3.05) is 6.54 Å². The van der Waals surface area contributed by atoms with Crippen molar-refractivity contribution >= 4 is 11.9 Å². The van der Waals surface area contributed by atoms with Crippen LogP contribution in [0, 0.1) is 5.92 Å². The maximum absolute atomic E-state index is 10.7. The highest BCUT2D eigenvalue weighted by Gasteiger charge is 2.42. The summed E-state index contributed by atoms with van der Waals surface area (Å²) < 4.78 is 0. The van der Waals surface area contributed by atoms with Crippen LogP contribution < -0.4 is 0 Å². The summed E-state index contributed by atoms with van der Waals surface area (Å²) in [5.41, 5.74) is 0. The van der Waals surface area contributed by atoms with Crippen LogP contribution in [0.5, 0.6) is 0 Å². The summed E-state index contributed by atoms with van der Waals surface area (Å²) in [5, 5.41) is 8.63. The number of carbonyl (C=O) groups is 2. The van der Waals surface area contributed by atoms with E-state index >= 15 is 0 Å². The van der Waals surface area contributed by atoms with Gasteiger partial charge in [0.15, 0.2) is 0 Å². The molecule has 1 heterocycles. The molecular weight excluding hydrogens is 146 g/mol. The molecule has 1 amide bonds. The van der Waals surface area contributed by atoms with Gasteiger partial charge in [0.2, 0.25) is 5.91 Å². The topological polar surface area (TPSA) is 57.6 Å². The molecule has 0 spiro atoms. The Kier molecular flexibility index (Phi) is 1.85. The third-order valence-corrected chi connectivity index (χ3v) is 2.02. The standard InChI is InChI=1S/C7H11NO3/c1-4-3-8(5(2)9)6(4)7(10)11/h4,6H,3H2,1-2H3,(H,10,11)/t4-,6+/m1/s1. The van der Waals surface area contributed by atoms with Crippen molar-refractivity contribution < 1.29 is 14.7 Å². The van der Waals surface area contributed by atoms with Crippen LogP contribution in [0.1, 0.15) is 13.8 Å². The summed E-state index contributed by atoms with van der Waals surface area (Å²) in [5.74, 6) is -0.967. The van der Waals surface area contributed by atoms with Crippen LogP contribution in [-0.4, -0.2) is 34.5 Å². The second-order valence-electron chi connectivity index (χ2n) is 2.93. The van der Waals surface area contributed by atoms with Crippen molar-refractivity contribution in [1.82, 2.24) is 4.90 Å². The zero-order valence-electron chi connectivity index (χ0n) is 6.57. The summed E-state index contributed by atoms with van der Waals surface area (Å²) >= 11 is 0. The Hall–Kier alpha value is -1.06. The van der Waals surface area contributed by atoms with Gasteiger partial charge < -0.3 is 10.0 Å². The zero-order chi connectivity index (χ0) is 8.59. The van der Waals surface area contributed by atoms with Crippen molar-refractivity contribution in [2.45, 2.75) is 19.9 Å². The van der Waals surface area contributed by atoms with E-state index in [0.29, 0.717) is 6.54 Å². The molecule has 1 aliphatic heterocycles. The molecule has 1 N–H and O–H groups in total. The number of rotatable bonds is 1. The minimum Gasteiger partial charge on any atom is -0.480 e. The summed E-state index contributed by atoms with van der Waals surface area (Å²) in [6.45, 7) is 3.80. The minimum absolute atomic E-state index is 0.0939. The van der Waals surface area contributed by atoms with Crippen molar-refractivity contribution in [2.24, 2.45) is 5.92 Å². The molecule has 0 unspecified atom stereocenters. The molecule has 11 heavy (non-hydrogen) atoms. The Morgan fingerprint density at radius 1 is 1.55 bits per heavy atom. The second kappa shape index (κ2) is 2.53. The van der Waals surface area contributed by atoms with Gasteiger partial charge in [-0.05, 0) is 0 Å². The van der Waals surface area contributed by atoms with Gasteiger partial charge in [-0.2, -0.15) is 0 Å². The van der Waals surface area contributed by atoms with Gasteiger partial charge in [0.1, 0.15) is 6.04 Å². The molecule has 0 bridgehead atoms. The number of carbonyl (C=O) groups excluding carboxylic acids is 1. The van der Waals surface area contributed by atoms with Crippen LogP contribution >= 0.6 is 0 Å². The molecule has 0 aromatic rings. The molecule has 1 rings (SSSR count). The highest BCUT2D eigenvalue weighted by Crippen LogP contribution is 2.24. The first-order valence-corrected chi connectivity index (χ1v) is 3.54. The average molecular weight is 157 g/mol. The van der Waals surface area contributed by atoms with Crippen molar-refractivity contribution in [1.29, 1.82) is 0 Å². The van der Waals surface area contributed by atoms with Gasteiger partial charge in [-0.1, -0.05) is 6.92 Å². The maximum atomic E-state index is 10.7. The maximum Gasteiger partial charge on any atom is 0.326 e. The van der Waals surface area contributed by atoms with Crippen molar-refractivity contribution in [3.63, 3.8) is 0 Å². The first kappa shape index (κ1) is 8.04. The molecule has 1 saturated heterocycles. The van der Waals surface area contributed by atoms with Gasteiger partial charge in [-0.25, -0.2) is 4.79 Å². The minimum atomic E-state index is -0.904. The van der Waals surface area contributed by atoms with Crippen LogP contribution in [0.3, 0.4) is 0 Å². The van der Waals surface area contributed by atoms with Crippen molar-refractivity contribution in [3.05, 3.63) is 0 Å². The first-order chi connectivity index (χ1) is 5.04. The van der Waals surface area contributed by atoms with Gasteiger partial charge in [-0.3, -0.25) is 4.79 Å². The third-order valence-electron chi connectivity index (χ3n) is 2.02. The molecule has 0 saturated carbocycles. The number of hydrogen-bond donors (Lipinski definition) is 1. The molecule has 0 aromatic carbocycles. The number of nitrogens with zero attached hydrogens (tertiary/aromatic N) is 1. The van der Waals surface area contributed by atoms with E-state index in [-0.39, 0.29) is 11.8 Å². The SMILES string of the molecule is CC(=O)N1C[C@@H](C)[C@H]1C(=O)O. The average Bonchev–Trinajstić information content (AvgIpc) is 1.80. The van der Waals surface area contributed by atoms with Gasteiger partial charge in [0.05, 0.1) is 0 Å². The molecular formula is C7H11NO3. The van der Waals surface area contributed by atoms with E-state index < -0.39 is 12.0 Å². The Morgan fingerprint density at radius 3 is 2.27 bits per heavy atom. The molecule has 4 nitrogen and oxygen atoms in total. The number of likely N-dealkylation sites (tertiary alicyclic amines) is 1. The smallest absolute Gasteiger partial charge is 0.326 e. The number of carboxylic acid groups (broad SMARTS) is 1. The van der Waals surface area contributed by atoms with Crippen LogP contribution in [0.4, 0.5) is 0 Å². The van der Waals surface area contributed by atoms with E-state index in [1.165, 1.54) is 11.8 Å². The fourth-order valence-corrected chi connectivity index (χ4v) is 1.39. The Balaban J connectivity index is 2.62. The lowest BCUT2D eigenvalue weighted by molar-refractivity contribution is -0.161. The molecule has 62 valence electrons. The fraction of sp³-hybridized carbons (Fsp3) is 0.714. The monoisotopic (exact) mass is 157 g/mol. The highest BCUT2D eigenvalue weighted by atomic mass is 16.4.